The molecule has 1 aliphatic rings. The molecule has 1 fully saturated rings. The number of benzene rings is 1. The molecule has 3 atom stereocenters. The second-order valence-electron chi connectivity index (χ2n) is 5.22. The van der Waals surface area contributed by atoms with Gasteiger partial charge in [0.1, 0.15) is 18.5 Å². The average molecular weight is 328 g/mol. The molecule has 1 saturated carbocycles. The van der Waals surface area contributed by atoms with Gasteiger partial charge in [0.25, 0.3) is 0 Å². The Morgan fingerprint density at radius 1 is 1.53 bits per heavy atom. The maximum atomic E-state index is 9.87. The lowest BCUT2D eigenvalue weighted by atomic mass is 10.2. The summed E-state index contributed by atoms with van der Waals surface area (Å²) in [5, 5.41) is 13.3. The molecule has 0 bridgehead atoms. The highest BCUT2D eigenvalue weighted by Crippen LogP contribution is 2.34. The van der Waals surface area contributed by atoms with Crippen LogP contribution in [0.2, 0.25) is 0 Å². The van der Waals surface area contributed by atoms with Crippen molar-refractivity contribution in [2.24, 2.45) is 5.92 Å². The minimum absolute atomic E-state index is 0.328. The molecule has 0 aromatic heterocycles. The van der Waals surface area contributed by atoms with Gasteiger partial charge in [-0.05, 0) is 37.0 Å². The Hall–Kier alpha value is -0.580. The Morgan fingerprint density at radius 2 is 2.37 bits per heavy atom. The zero-order valence-corrected chi connectivity index (χ0v) is 12.9. The van der Waals surface area contributed by atoms with Crippen molar-refractivity contribution in [3.05, 3.63) is 28.7 Å². The maximum absolute atomic E-state index is 9.87. The summed E-state index contributed by atoms with van der Waals surface area (Å²) in [5.74, 6) is 1.60. The van der Waals surface area contributed by atoms with Crippen LogP contribution < -0.4 is 10.1 Å². The second kappa shape index (κ2) is 7.27. The summed E-state index contributed by atoms with van der Waals surface area (Å²) >= 11 is 3.39. The largest absolute Gasteiger partial charge is 0.491 e. The molecule has 2 N–H and O–H groups in total. The van der Waals surface area contributed by atoms with Gasteiger partial charge in [-0.1, -0.05) is 35.3 Å². The average Bonchev–Trinajstić information content (AvgIpc) is 3.13. The summed E-state index contributed by atoms with van der Waals surface area (Å²) in [6.07, 6.45) is 3.34. The van der Waals surface area contributed by atoms with Crippen molar-refractivity contribution in [2.75, 3.05) is 13.2 Å². The van der Waals surface area contributed by atoms with Gasteiger partial charge in [0.2, 0.25) is 0 Å². The molecule has 0 amide bonds. The number of rotatable bonds is 8. The van der Waals surface area contributed by atoms with Gasteiger partial charge in [-0.25, -0.2) is 0 Å². The number of hydrogen-bond donors (Lipinski definition) is 2. The van der Waals surface area contributed by atoms with E-state index in [1.54, 1.807) is 0 Å². The Morgan fingerprint density at radius 3 is 3.11 bits per heavy atom. The molecule has 106 valence electrons. The van der Waals surface area contributed by atoms with E-state index in [2.05, 4.69) is 28.2 Å². The minimum Gasteiger partial charge on any atom is -0.491 e. The van der Waals surface area contributed by atoms with E-state index in [4.69, 9.17) is 4.74 Å². The van der Waals surface area contributed by atoms with Gasteiger partial charge in [0, 0.05) is 17.1 Å². The fourth-order valence-electron chi connectivity index (χ4n) is 2.28. The van der Waals surface area contributed by atoms with Crippen LogP contribution in [0.4, 0.5) is 0 Å². The minimum atomic E-state index is -0.457. The van der Waals surface area contributed by atoms with Crippen molar-refractivity contribution in [2.45, 2.75) is 38.3 Å². The first-order valence-corrected chi connectivity index (χ1v) is 7.78. The van der Waals surface area contributed by atoms with Crippen molar-refractivity contribution < 1.29 is 9.84 Å². The normalized spacial score (nSPS) is 23.1. The molecule has 1 aromatic rings. The molecule has 0 radical (unpaired) electrons. The van der Waals surface area contributed by atoms with E-state index in [0.29, 0.717) is 19.2 Å². The van der Waals surface area contributed by atoms with Crippen molar-refractivity contribution in [1.82, 2.24) is 5.32 Å². The molecule has 1 aliphatic carbocycles. The number of ether oxygens (including phenoxy) is 1. The zero-order chi connectivity index (χ0) is 13.7. The van der Waals surface area contributed by atoms with Crippen LogP contribution >= 0.6 is 15.9 Å². The summed E-state index contributed by atoms with van der Waals surface area (Å²) in [6, 6.07) is 8.28. The van der Waals surface area contributed by atoms with Crippen LogP contribution in [-0.4, -0.2) is 30.4 Å². The number of aliphatic hydroxyl groups is 1. The quantitative estimate of drug-likeness (QED) is 0.771. The monoisotopic (exact) mass is 327 g/mol. The van der Waals surface area contributed by atoms with Crippen LogP contribution in [-0.2, 0) is 0 Å². The smallest absolute Gasteiger partial charge is 0.120 e. The summed E-state index contributed by atoms with van der Waals surface area (Å²) in [7, 11) is 0. The van der Waals surface area contributed by atoms with Gasteiger partial charge in [-0.2, -0.15) is 0 Å². The van der Waals surface area contributed by atoms with Gasteiger partial charge in [-0.3, -0.25) is 0 Å². The number of nitrogens with one attached hydrogen (secondary N) is 1. The van der Waals surface area contributed by atoms with Crippen molar-refractivity contribution in [3.63, 3.8) is 0 Å². The molecule has 3 unspecified atom stereocenters. The first-order chi connectivity index (χ1) is 9.19. The second-order valence-corrected chi connectivity index (χ2v) is 6.14. The first-order valence-electron chi connectivity index (χ1n) is 6.99. The van der Waals surface area contributed by atoms with Crippen molar-refractivity contribution in [3.8, 4) is 5.75 Å². The Balaban J connectivity index is 1.61. The third-order valence-corrected chi connectivity index (χ3v) is 3.93. The Bertz CT molecular complexity index is 399. The fraction of sp³-hybridized carbons (Fsp3) is 0.600. The Labute approximate surface area is 123 Å². The van der Waals surface area contributed by atoms with Crippen molar-refractivity contribution in [1.29, 1.82) is 0 Å². The molecular weight excluding hydrogens is 306 g/mol. The van der Waals surface area contributed by atoms with Gasteiger partial charge in [-0.15, -0.1) is 0 Å². The van der Waals surface area contributed by atoms with Gasteiger partial charge in [0.15, 0.2) is 0 Å². The van der Waals surface area contributed by atoms with Crippen LogP contribution in [0.5, 0.6) is 5.75 Å². The predicted molar refractivity (Wildman–Crippen MR) is 80.4 cm³/mol. The number of hydrogen-bond acceptors (Lipinski definition) is 3. The third-order valence-electron chi connectivity index (χ3n) is 3.44. The van der Waals surface area contributed by atoms with Crippen molar-refractivity contribution >= 4 is 15.9 Å². The molecule has 0 saturated heterocycles. The number of aliphatic hydroxyl groups excluding tert-OH is 1. The molecule has 3 nitrogen and oxygen atoms in total. The molecule has 2 rings (SSSR count). The highest BCUT2D eigenvalue weighted by molar-refractivity contribution is 9.10. The molecule has 4 heteroatoms. The predicted octanol–water partition coefficient (Wildman–Crippen LogP) is 2.97. The molecule has 19 heavy (non-hydrogen) atoms. The Kier molecular flexibility index (Phi) is 5.67. The fourth-order valence-corrected chi connectivity index (χ4v) is 2.66. The molecule has 0 heterocycles. The topological polar surface area (TPSA) is 41.5 Å². The van der Waals surface area contributed by atoms with E-state index >= 15 is 0 Å². The van der Waals surface area contributed by atoms with E-state index in [-0.39, 0.29) is 0 Å². The first kappa shape index (κ1) is 14.8. The van der Waals surface area contributed by atoms with E-state index < -0.39 is 6.10 Å². The lowest BCUT2D eigenvalue weighted by Gasteiger charge is -2.13. The molecular formula is C15H22BrNO2. The van der Waals surface area contributed by atoms with Crippen LogP contribution in [0.3, 0.4) is 0 Å². The summed E-state index contributed by atoms with van der Waals surface area (Å²) < 4.78 is 6.54. The third kappa shape index (κ3) is 5.13. The summed E-state index contributed by atoms with van der Waals surface area (Å²) in [5.41, 5.74) is 0. The van der Waals surface area contributed by atoms with Gasteiger partial charge in [0.05, 0.1) is 0 Å². The highest BCUT2D eigenvalue weighted by atomic mass is 79.9. The van der Waals surface area contributed by atoms with Crippen LogP contribution in [0, 0.1) is 5.92 Å². The lowest BCUT2D eigenvalue weighted by Crippen LogP contribution is -2.33. The standard InChI is InChI=1S/C15H22BrNO2/c1-2-4-11-7-15(11)17-9-13(18)10-19-14-6-3-5-12(16)8-14/h3,5-6,8,11,13,15,17-18H,2,4,7,9-10H2,1H3. The number of halogens is 1. The van der Waals surface area contributed by atoms with E-state index in [1.165, 1.54) is 19.3 Å². The molecule has 1 aromatic carbocycles. The van der Waals surface area contributed by atoms with Crippen LogP contribution in [0.15, 0.2) is 28.7 Å². The highest BCUT2D eigenvalue weighted by Gasteiger charge is 2.35. The van der Waals surface area contributed by atoms with E-state index in [0.717, 1.165) is 16.1 Å². The summed E-state index contributed by atoms with van der Waals surface area (Å²) in [6.45, 7) is 3.16. The SMILES string of the molecule is CCCC1CC1NCC(O)COc1cccc(Br)c1. The van der Waals surface area contributed by atoms with Gasteiger partial charge >= 0.3 is 0 Å². The zero-order valence-electron chi connectivity index (χ0n) is 11.3. The maximum Gasteiger partial charge on any atom is 0.120 e. The van der Waals surface area contributed by atoms with Crippen LogP contribution in [0.1, 0.15) is 26.2 Å². The summed E-state index contributed by atoms with van der Waals surface area (Å²) in [4.78, 5) is 0. The molecule has 0 spiro atoms. The van der Waals surface area contributed by atoms with Crippen LogP contribution in [0.25, 0.3) is 0 Å². The lowest BCUT2D eigenvalue weighted by molar-refractivity contribution is 0.105. The molecule has 0 aliphatic heterocycles. The van der Waals surface area contributed by atoms with Gasteiger partial charge < -0.3 is 15.2 Å². The van der Waals surface area contributed by atoms with E-state index in [1.807, 2.05) is 24.3 Å². The van der Waals surface area contributed by atoms with E-state index in [9.17, 15) is 5.11 Å².